The normalized spacial score (nSPS) is 12.6. The van der Waals surface area contributed by atoms with Crippen molar-refractivity contribution in [2.75, 3.05) is 27.4 Å². The fraction of sp³-hybridized carbons (Fsp3) is 0.727. The lowest BCUT2D eigenvalue weighted by Crippen LogP contribution is -2.18. The van der Waals surface area contributed by atoms with Crippen LogP contribution in [0.1, 0.15) is 35.6 Å². The maximum atomic E-state index is 11.3. The minimum absolute atomic E-state index is 0.0948. The molecule has 0 bridgehead atoms. The fourth-order valence-electron chi connectivity index (χ4n) is 1.70. The first-order valence-corrected chi connectivity index (χ1v) is 5.83. The number of aromatic nitrogens is 3. The molecular weight excluding hydrogens is 236 g/mol. The molecule has 18 heavy (non-hydrogen) atoms. The third-order valence-electron chi connectivity index (χ3n) is 2.72. The number of nitrogens with two attached hydrogens (primary N) is 1. The molecule has 0 saturated carbocycles. The highest BCUT2D eigenvalue weighted by Gasteiger charge is 2.20. The van der Waals surface area contributed by atoms with Crippen molar-refractivity contribution in [3.63, 3.8) is 0 Å². The highest BCUT2D eigenvalue weighted by molar-refractivity contribution is 5.91. The summed E-state index contributed by atoms with van der Waals surface area (Å²) in [6.45, 7) is 3.11. The smallest absolute Gasteiger partial charge is 0.271 e. The first-order chi connectivity index (χ1) is 8.61. The average molecular weight is 256 g/mol. The molecule has 1 rings (SSSR count). The van der Waals surface area contributed by atoms with Gasteiger partial charge in [0.1, 0.15) is 0 Å². The minimum Gasteiger partial charge on any atom is -0.385 e. The molecule has 1 aromatic heterocycles. The van der Waals surface area contributed by atoms with E-state index < -0.39 is 5.91 Å². The largest absolute Gasteiger partial charge is 0.385 e. The van der Waals surface area contributed by atoms with Gasteiger partial charge in [-0.25, -0.2) is 4.68 Å². The lowest BCUT2D eigenvalue weighted by Gasteiger charge is -2.14. The van der Waals surface area contributed by atoms with Crippen LogP contribution in [0.15, 0.2) is 0 Å². The molecule has 0 saturated heterocycles. The van der Waals surface area contributed by atoms with Crippen molar-refractivity contribution in [2.45, 2.75) is 25.8 Å². The Labute approximate surface area is 106 Å². The Bertz CT molecular complexity index is 392. The summed E-state index contributed by atoms with van der Waals surface area (Å²) in [5.41, 5.74) is 6.21. The minimum atomic E-state index is -0.564. The quantitative estimate of drug-likeness (QED) is 0.715. The van der Waals surface area contributed by atoms with E-state index in [4.69, 9.17) is 15.2 Å². The van der Waals surface area contributed by atoms with Gasteiger partial charge in [0.2, 0.25) is 0 Å². The summed E-state index contributed by atoms with van der Waals surface area (Å²) in [5.74, 6) is -0.564. The standard InChI is InChI=1S/C11H20N4O3/c1-8(4-6-17-2)15-9(5-7-18-3)10(11(12)16)13-14-15/h8H,4-7H2,1-3H3,(H2,12,16). The van der Waals surface area contributed by atoms with E-state index in [2.05, 4.69) is 10.3 Å². The van der Waals surface area contributed by atoms with E-state index in [1.807, 2.05) is 6.92 Å². The second-order valence-electron chi connectivity index (χ2n) is 4.07. The molecule has 1 aromatic rings. The summed E-state index contributed by atoms with van der Waals surface area (Å²) in [6, 6.07) is 0.0948. The van der Waals surface area contributed by atoms with Crippen LogP contribution >= 0.6 is 0 Å². The van der Waals surface area contributed by atoms with Crippen LogP contribution in [-0.4, -0.2) is 48.3 Å². The third kappa shape index (κ3) is 3.51. The van der Waals surface area contributed by atoms with Gasteiger partial charge < -0.3 is 15.2 Å². The van der Waals surface area contributed by atoms with Crippen LogP contribution in [0.25, 0.3) is 0 Å². The van der Waals surface area contributed by atoms with Crippen LogP contribution in [0.5, 0.6) is 0 Å². The molecule has 7 nitrogen and oxygen atoms in total. The molecule has 0 aliphatic carbocycles. The molecule has 0 spiro atoms. The Morgan fingerprint density at radius 3 is 2.61 bits per heavy atom. The van der Waals surface area contributed by atoms with Crippen molar-refractivity contribution in [2.24, 2.45) is 5.73 Å². The number of nitrogens with zero attached hydrogens (tertiary/aromatic N) is 3. The molecule has 0 radical (unpaired) electrons. The molecular formula is C11H20N4O3. The first-order valence-electron chi connectivity index (χ1n) is 5.83. The van der Waals surface area contributed by atoms with Gasteiger partial charge in [-0.3, -0.25) is 4.79 Å². The lowest BCUT2D eigenvalue weighted by atomic mass is 10.2. The molecule has 7 heteroatoms. The zero-order chi connectivity index (χ0) is 13.5. The van der Waals surface area contributed by atoms with Crippen molar-refractivity contribution in [1.82, 2.24) is 15.0 Å². The average Bonchev–Trinajstić information content (AvgIpc) is 2.77. The van der Waals surface area contributed by atoms with Gasteiger partial charge in [-0.1, -0.05) is 5.21 Å². The van der Waals surface area contributed by atoms with Gasteiger partial charge in [-0.15, -0.1) is 5.10 Å². The summed E-state index contributed by atoms with van der Waals surface area (Å²) >= 11 is 0. The third-order valence-corrected chi connectivity index (χ3v) is 2.72. The summed E-state index contributed by atoms with van der Waals surface area (Å²) in [6.07, 6.45) is 1.34. The van der Waals surface area contributed by atoms with Crippen LogP contribution in [-0.2, 0) is 15.9 Å². The highest BCUT2D eigenvalue weighted by atomic mass is 16.5. The first kappa shape index (κ1) is 14.6. The van der Waals surface area contributed by atoms with Crippen LogP contribution < -0.4 is 5.73 Å². The van der Waals surface area contributed by atoms with Gasteiger partial charge in [0.05, 0.1) is 18.3 Å². The zero-order valence-electron chi connectivity index (χ0n) is 11.0. The van der Waals surface area contributed by atoms with Gasteiger partial charge in [0, 0.05) is 27.2 Å². The predicted octanol–water partition coefficient (Wildman–Crippen LogP) is 0.163. The zero-order valence-corrected chi connectivity index (χ0v) is 11.0. The summed E-state index contributed by atoms with van der Waals surface area (Å²) < 4.78 is 11.8. The van der Waals surface area contributed by atoms with E-state index in [0.29, 0.717) is 25.3 Å². The van der Waals surface area contributed by atoms with Gasteiger partial charge in [0.25, 0.3) is 5.91 Å². The maximum Gasteiger partial charge on any atom is 0.271 e. The van der Waals surface area contributed by atoms with Crippen LogP contribution in [0.4, 0.5) is 0 Å². The monoisotopic (exact) mass is 256 g/mol. The molecule has 0 aliphatic rings. The fourth-order valence-corrected chi connectivity index (χ4v) is 1.70. The Hall–Kier alpha value is -1.47. The number of primary amides is 1. The number of hydrogen-bond donors (Lipinski definition) is 1. The van der Waals surface area contributed by atoms with E-state index >= 15 is 0 Å². The molecule has 0 aromatic carbocycles. The van der Waals surface area contributed by atoms with Gasteiger partial charge in [0.15, 0.2) is 5.69 Å². The van der Waals surface area contributed by atoms with Crippen molar-refractivity contribution >= 4 is 5.91 Å². The van der Waals surface area contributed by atoms with Crippen LogP contribution in [0, 0.1) is 0 Å². The van der Waals surface area contributed by atoms with Crippen molar-refractivity contribution in [3.8, 4) is 0 Å². The predicted molar refractivity (Wildman–Crippen MR) is 65.3 cm³/mol. The number of rotatable bonds is 8. The number of methoxy groups -OCH3 is 2. The van der Waals surface area contributed by atoms with E-state index in [1.54, 1.807) is 18.9 Å². The number of amides is 1. The highest BCUT2D eigenvalue weighted by Crippen LogP contribution is 2.15. The summed E-state index contributed by atoms with van der Waals surface area (Å²) in [5, 5.41) is 7.84. The summed E-state index contributed by atoms with van der Waals surface area (Å²) in [7, 11) is 3.25. The molecule has 0 aliphatic heterocycles. The number of hydrogen-bond acceptors (Lipinski definition) is 5. The van der Waals surface area contributed by atoms with E-state index in [1.165, 1.54) is 0 Å². The Morgan fingerprint density at radius 1 is 1.39 bits per heavy atom. The van der Waals surface area contributed by atoms with Gasteiger partial charge in [-0.2, -0.15) is 0 Å². The number of carbonyl (C=O) groups is 1. The molecule has 1 amide bonds. The molecule has 1 atom stereocenters. The second kappa shape index (κ2) is 7.07. The Morgan fingerprint density at radius 2 is 2.06 bits per heavy atom. The van der Waals surface area contributed by atoms with Crippen LogP contribution in [0.2, 0.25) is 0 Å². The van der Waals surface area contributed by atoms with Gasteiger partial charge >= 0.3 is 0 Å². The van der Waals surface area contributed by atoms with E-state index in [0.717, 1.165) is 6.42 Å². The van der Waals surface area contributed by atoms with E-state index in [-0.39, 0.29) is 11.7 Å². The number of carbonyl (C=O) groups excluding carboxylic acids is 1. The van der Waals surface area contributed by atoms with Crippen molar-refractivity contribution < 1.29 is 14.3 Å². The number of ether oxygens (including phenoxy) is 2. The van der Waals surface area contributed by atoms with Crippen molar-refractivity contribution in [1.29, 1.82) is 0 Å². The maximum absolute atomic E-state index is 11.3. The molecule has 1 unspecified atom stereocenters. The topological polar surface area (TPSA) is 92.3 Å². The van der Waals surface area contributed by atoms with Gasteiger partial charge in [-0.05, 0) is 13.3 Å². The lowest BCUT2D eigenvalue weighted by molar-refractivity contribution is 0.0994. The Balaban J connectivity index is 2.92. The second-order valence-corrected chi connectivity index (χ2v) is 4.07. The molecule has 102 valence electrons. The molecule has 2 N–H and O–H groups in total. The van der Waals surface area contributed by atoms with Crippen LogP contribution in [0.3, 0.4) is 0 Å². The van der Waals surface area contributed by atoms with Crippen molar-refractivity contribution in [3.05, 3.63) is 11.4 Å². The summed E-state index contributed by atoms with van der Waals surface area (Å²) in [4.78, 5) is 11.3. The SMILES string of the molecule is COCCc1c(C(N)=O)nnn1C(C)CCOC. The Kier molecular flexibility index (Phi) is 5.73. The molecule has 0 fully saturated rings. The van der Waals surface area contributed by atoms with E-state index in [9.17, 15) is 4.79 Å². The molecule has 1 heterocycles.